The lowest BCUT2D eigenvalue weighted by Gasteiger charge is -1.89. The number of hydrogen-bond acceptors (Lipinski definition) is 5. The summed E-state index contributed by atoms with van der Waals surface area (Å²) >= 11 is 1.45. The first-order chi connectivity index (χ1) is 7.31. The molecule has 0 saturated heterocycles. The molecule has 0 amide bonds. The number of nitrogens with one attached hydrogen (secondary N) is 1. The molecular weight excluding hydrogens is 210 g/mol. The van der Waals surface area contributed by atoms with Crippen molar-refractivity contribution in [3.63, 3.8) is 0 Å². The highest BCUT2D eigenvalue weighted by Gasteiger charge is 2.27. The lowest BCUT2D eigenvalue weighted by Crippen LogP contribution is -1.92. The van der Waals surface area contributed by atoms with Crippen LogP contribution in [-0.2, 0) is 6.42 Å². The van der Waals surface area contributed by atoms with Crippen molar-refractivity contribution in [2.45, 2.75) is 25.2 Å². The fourth-order valence-corrected chi connectivity index (χ4v) is 2.05. The molecule has 0 spiro atoms. The van der Waals surface area contributed by atoms with Crippen LogP contribution in [0.5, 0.6) is 0 Å². The first-order valence-electron chi connectivity index (χ1n) is 4.92. The third-order valence-electron chi connectivity index (χ3n) is 2.41. The van der Waals surface area contributed by atoms with Gasteiger partial charge in [0.1, 0.15) is 5.82 Å². The van der Waals surface area contributed by atoms with E-state index in [0.717, 1.165) is 17.3 Å². The van der Waals surface area contributed by atoms with Gasteiger partial charge in [-0.2, -0.15) is 5.10 Å². The van der Waals surface area contributed by atoms with Gasteiger partial charge in [0, 0.05) is 11.3 Å². The van der Waals surface area contributed by atoms with Crippen molar-refractivity contribution in [1.82, 2.24) is 20.2 Å². The summed E-state index contributed by atoms with van der Waals surface area (Å²) in [5.74, 6) is 2.42. The summed E-state index contributed by atoms with van der Waals surface area (Å²) in [6.45, 7) is 0. The third kappa shape index (κ3) is 1.85. The quantitative estimate of drug-likeness (QED) is 0.819. The van der Waals surface area contributed by atoms with Crippen molar-refractivity contribution in [3.05, 3.63) is 22.7 Å². The van der Waals surface area contributed by atoms with Gasteiger partial charge in [-0.05, 0) is 12.8 Å². The van der Waals surface area contributed by atoms with Crippen LogP contribution in [0.2, 0.25) is 0 Å². The Kier molecular flexibility index (Phi) is 1.95. The molecule has 0 atom stereocenters. The van der Waals surface area contributed by atoms with Gasteiger partial charge in [-0.25, -0.2) is 9.97 Å². The molecule has 0 aliphatic heterocycles. The van der Waals surface area contributed by atoms with E-state index in [1.807, 2.05) is 5.38 Å². The third-order valence-corrected chi connectivity index (χ3v) is 3.13. The molecule has 6 heteroatoms. The van der Waals surface area contributed by atoms with E-state index in [2.05, 4.69) is 20.2 Å². The molecule has 1 aliphatic carbocycles. The van der Waals surface area contributed by atoms with Crippen LogP contribution in [0.15, 0.2) is 5.38 Å². The van der Waals surface area contributed by atoms with Crippen molar-refractivity contribution in [3.8, 4) is 0 Å². The van der Waals surface area contributed by atoms with E-state index >= 15 is 0 Å². The number of aromatic amines is 1. The zero-order chi connectivity index (χ0) is 10.3. The highest BCUT2D eigenvalue weighted by Crippen LogP contribution is 2.37. The SMILES string of the molecule is Nc1nc(Cc2nc(C3CC3)n[nH]2)cs1. The number of nitrogens with zero attached hydrogens (tertiary/aromatic N) is 3. The summed E-state index contributed by atoms with van der Waals surface area (Å²) in [5, 5.41) is 9.69. The van der Waals surface area contributed by atoms with E-state index in [0.29, 0.717) is 17.5 Å². The molecule has 1 aliphatic rings. The van der Waals surface area contributed by atoms with Gasteiger partial charge < -0.3 is 5.73 Å². The van der Waals surface area contributed by atoms with Crippen molar-refractivity contribution in [1.29, 1.82) is 0 Å². The van der Waals surface area contributed by atoms with Crippen LogP contribution in [0.3, 0.4) is 0 Å². The minimum atomic E-state index is 0.593. The number of nitrogens with two attached hydrogens (primary N) is 1. The van der Waals surface area contributed by atoms with Gasteiger partial charge in [-0.15, -0.1) is 11.3 Å². The summed E-state index contributed by atoms with van der Waals surface area (Å²) in [4.78, 5) is 8.62. The lowest BCUT2D eigenvalue weighted by atomic mass is 10.3. The molecule has 2 heterocycles. The van der Waals surface area contributed by atoms with Crippen LogP contribution in [0, 0.1) is 0 Å². The number of rotatable bonds is 3. The monoisotopic (exact) mass is 221 g/mol. The highest BCUT2D eigenvalue weighted by molar-refractivity contribution is 7.13. The summed E-state index contributed by atoms with van der Waals surface area (Å²) in [6.07, 6.45) is 3.13. The molecule has 0 radical (unpaired) electrons. The molecule has 3 N–H and O–H groups in total. The van der Waals surface area contributed by atoms with E-state index in [1.165, 1.54) is 24.2 Å². The molecule has 15 heavy (non-hydrogen) atoms. The molecule has 1 fully saturated rings. The Bertz CT molecular complexity index is 470. The predicted molar refractivity (Wildman–Crippen MR) is 57.7 cm³/mol. The number of thiazole rings is 1. The van der Waals surface area contributed by atoms with Crippen LogP contribution < -0.4 is 5.73 Å². The molecule has 5 nitrogen and oxygen atoms in total. The molecule has 0 aromatic carbocycles. The number of H-pyrrole nitrogens is 1. The van der Waals surface area contributed by atoms with E-state index in [-0.39, 0.29) is 0 Å². The van der Waals surface area contributed by atoms with E-state index < -0.39 is 0 Å². The summed E-state index contributed by atoms with van der Waals surface area (Å²) < 4.78 is 0. The topological polar surface area (TPSA) is 80.5 Å². The zero-order valence-corrected chi connectivity index (χ0v) is 8.92. The maximum atomic E-state index is 5.56. The number of nitrogen functional groups attached to an aromatic ring is 1. The predicted octanol–water partition coefficient (Wildman–Crippen LogP) is 1.31. The maximum absolute atomic E-state index is 5.56. The van der Waals surface area contributed by atoms with Crippen molar-refractivity contribution >= 4 is 16.5 Å². The van der Waals surface area contributed by atoms with Crippen molar-refractivity contribution in [2.75, 3.05) is 5.73 Å². The van der Waals surface area contributed by atoms with Gasteiger partial charge in [0.05, 0.1) is 12.1 Å². The molecule has 3 rings (SSSR count). The van der Waals surface area contributed by atoms with Crippen molar-refractivity contribution in [2.24, 2.45) is 0 Å². The number of hydrogen-bond donors (Lipinski definition) is 2. The fraction of sp³-hybridized carbons (Fsp3) is 0.444. The summed E-state index contributed by atoms with van der Waals surface area (Å²) in [5.41, 5.74) is 6.51. The standard InChI is InChI=1S/C9H11N5S/c10-9-11-6(4-15-9)3-7-12-8(14-13-7)5-1-2-5/h4-5H,1-3H2,(H2,10,11)(H,12,13,14). The Morgan fingerprint density at radius 1 is 1.47 bits per heavy atom. The van der Waals surface area contributed by atoms with Gasteiger partial charge in [-0.3, -0.25) is 5.10 Å². The smallest absolute Gasteiger partial charge is 0.180 e. The molecule has 2 aromatic rings. The van der Waals surface area contributed by atoms with Crippen LogP contribution >= 0.6 is 11.3 Å². The maximum Gasteiger partial charge on any atom is 0.180 e. The molecule has 2 aromatic heterocycles. The average Bonchev–Trinajstić information content (AvgIpc) is 2.84. The van der Waals surface area contributed by atoms with Crippen LogP contribution in [-0.4, -0.2) is 20.2 Å². The van der Waals surface area contributed by atoms with Gasteiger partial charge in [0.15, 0.2) is 11.0 Å². The largest absolute Gasteiger partial charge is 0.375 e. The van der Waals surface area contributed by atoms with E-state index in [1.54, 1.807) is 0 Å². The zero-order valence-electron chi connectivity index (χ0n) is 8.10. The second kappa shape index (κ2) is 3.30. The molecular formula is C9H11N5S. The number of anilines is 1. The van der Waals surface area contributed by atoms with Crippen LogP contribution in [0.1, 0.15) is 36.1 Å². The summed E-state index contributed by atoms with van der Waals surface area (Å²) in [7, 11) is 0. The second-order valence-corrected chi connectivity index (χ2v) is 4.66. The van der Waals surface area contributed by atoms with Gasteiger partial charge in [0.2, 0.25) is 0 Å². The van der Waals surface area contributed by atoms with Crippen molar-refractivity contribution < 1.29 is 0 Å². The minimum absolute atomic E-state index is 0.593. The van der Waals surface area contributed by atoms with Crippen LogP contribution in [0.4, 0.5) is 5.13 Å². The normalized spacial score (nSPS) is 15.7. The van der Waals surface area contributed by atoms with Gasteiger partial charge >= 0.3 is 0 Å². The average molecular weight is 221 g/mol. The Morgan fingerprint density at radius 2 is 2.33 bits per heavy atom. The first kappa shape index (κ1) is 8.84. The fourth-order valence-electron chi connectivity index (χ4n) is 1.49. The molecule has 0 bridgehead atoms. The summed E-state index contributed by atoms with van der Waals surface area (Å²) in [6, 6.07) is 0. The Hall–Kier alpha value is -1.43. The minimum Gasteiger partial charge on any atom is -0.375 e. The van der Waals surface area contributed by atoms with Gasteiger partial charge in [-0.1, -0.05) is 0 Å². The second-order valence-electron chi connectivity index (χ2n) is 3.77. The molecule has 78 valence electrons. The molecule has 1 saturated carbocycles. The molecule has 0 unspecified atom stereocenters. The Labute approximate surface area is 90.8 Å². The number of aromatic nitrogens is 4. The lowest BCUT2D eigenvalue weighted by molar-refractivity contribution is 0.931. The first-order valence-corrected chi connectivity index (χ1v) is 5.80. The Balaban J connectivity index is 1.75. The van der Waals surface area contributed by atoms with E-state index in [4.69, 9.17) is 5.73 Å². The van der Waals surface area contributed by atoms with Crippen LogP contribution in [0.25, 0.3) is 0 Å². The van der Waals surface area contributed by atoms with Gasteiger partial charge in [0.25, 0.3) is 0 Å². The Morgan fingerprint density at radius 3 is 3.00 bits per heavy atom. The highest BCUT2D eigenvalue weighted by atomic mass is 32.1. The van der Waals surface area contributed by atoms with E-state index in [9.17, 15) is 0 Å².